The molecule has 0 atom stereocenters. The first-order valence-electron chi connectivity index (χ1n) is 7.45. The molecule has 23 heavy (non-hydrogen) atoms. The van der Waals surface area contributed by atoms with Gasteiger partial charge in [0.15, 0.2) is 5.58 Å². The van der Waals surface area contributed by atoms with Crippen LogP contribution in [0.15, 0.2) is 65.1 Å². The van der Waals surface area contributed by atoms with E-state index in [0.717, 1.165) is 38.9 Å². The minimum atomic E-state index is 0.608. The van der Waals surface area contributed by atoms with Gasteiger partial charge in [-0.25, -0.2) is 0 Å². The summed E-state index contributed by atoms with van der Waals surface area (Å²) < 4.78 is 6.11. The number of anilines is 2. The number of para-hydroxylation sites is 3. The monoisotopic (exact) mass is 298 g/mol. The van der Waals surface area contributed by atoms with Crippen LogP contribution >= 0.6 is 0 Å². The molecular weight excluding hydrogens is 284 g/mol. The van der Waals surface area contributed by atoms with Crippen molar-refractivity contribution in [2.24, 2.45) is 0 Å². The Balaban J connectivity index is 1.93. The summed E-state index contributed by atoms with van der Waals surface area (Å²) in [6, 6.07) is 21.8. The predicted molar refractivity (Wildman–Crippen MR) is 92.9 cm³/mol. The number of furan rings is 1. The molecule has 0 saturated heterocycles. The molecule has 0 aliphatic rings. The maximum atomic E-state index is 9.25. The van der Waals surface area contributed by atoms with E-state index in [4.69, 9.17) is 4.42 Å². The largest absolute Gasteiger partial charge is 0.454 e. The molecular formula is C20H14N2O. The molecule has 1 heterocycles. The number of hydrogen-bond donors (Lipinski definition) is 1. The zero-order valence-corrected chi connectivity index (χ0v) is 12.6. The van der Waals surface area contributed by atoms with E-state index in [0.29, 0.717) is 5.56 Å². The Hall–Kier alpha value is -3.25. The topological polar surface area (TPSA) is 49.0 Å². The highest BCUT2D eigenvalue weighted by Gasteiger charge is 2.12. The normalized spacial score (nSPS) is 10.8. The first-order valence-corrected chi connectivity index (χ1v) is 7.45. The molecule has 0 unspecified atom stereocenters. The van der Waals surface area contributed by atoms with Crippen LogP contribution in [0.3, 0.4) is 0 Å². The molecule has 0 aliphatic carbocycles. The highest BCUT2D eigenvalue weighted by Crippen LogP contribution is 2.36. The van der Waals surface area contributed by atoms with Crippen molar-refractivity contribution in [2.45, 2.75) is 6.92 Å². The molecule has 0 fully saturated rings. The molecule has 4 aromatic rings. The van der Waals surface area contributed by atoms with Crippen molar-refractivity contribution < 1.29 is 4.42 Å². The second-order valence-electron chi connectivity index (χ2n) is 5.52. The summed E-state index contributed by atoms with van der Waals surface area (Å²) in [7, 11) is 0. The minimum absolute atomic E-state index is 0.608. The molecule has 0 saturated carbocycles. The number of benzene rings is 3. The van der Waals surface area contributed by atoms with E-state index < -0.39 is 0 Å². The van der Waals surface area contributed by atoms with E-state index >= 15 is 0 Å². The SMILES string of the molecule is Cc1cccc2c1oc1c(Nc3ccccc3C#N)cccc12. The maximum Gasteiger partial charge on any atom is 0.158 e. The lowest BCUT2D eigenvalue weighted by Gasteiger charge is -2.08. The summed E-state index contributed by atoms with van der Waals surface area (Å²) in [6.45, 7) is 2.04. The number of nitrogens with zero attached hydrogens (tertiary/aromatic N) is 1. The van der Waals surface area contributed by atoms with Crippen molar-refractivity contribution in [3.8, 4) is 6.07 Å². The Morgan fingerprint density at radius 1 is 0.826 bits per heavy atom. The smallest absolute Gasteiger partial charge is 0.158 e. The van der Waals surface area contributed by atoms with Crippen molar-refractivity contribution in [3.63, 3.8) is 0 Å². The maximum absolute atomic E-state index is 9.25. The molecule has 4 rings (SSSR count). The van der Waals surface area contributed by atoms with Crippen LogP contribution in [0, 0.1) is 18.3 Å². The van der Waals surface area contributed by atoms with Gasteiger partial charge >= 0.3 is 0 Å². The fourth-order valence-electron chi connectivity index (χ4n) is 2.89. The van der Waals surface area contributed by atoms with E-state index in [1.807, 2.05) is 49.4 Å². The molecule has 0 aliphatic heterocycles. The van der Waals surface area contributed by atoms with Gasteiger partial charge in [-0.05, 0) is 30.7 Å². The van der Waals surface area contributed by atoms with Crippen LogP contribution in [0.25, 0.3) is 21.9 Å². The summed E-state index contributed by atoms with van der Waals surface area (Å²) in [5, 5.41) is 14.8. The van der Waals surface area contributed by atoms with Crippen molar-refractivity contribution in [2.75, 3.05) is 5.32 Å². The van der Waals surface area contributed by atoms with E-state index in [1.165, 1.54) is 0 Å². The van der Waals surface area contributed by atoms with Gasteiger partial charge in [-0.15, -0.1) is 0 Å². The molecule has 0 amide bonds. The van der Waals surface area contributed by atoms with Crippen LogP contribution in [0.4, 0.5) is 11.4 Å². The first kappa shape index (κ1) is 13.4. The molecule has 1 aromatic heterocycles. The van der Waals surface area contributed by atoms with Gasteiger partial charge in [0.05, 0.1) is 16.9 Å². The first-order chi connectivity index (χ1) is 11.3. The molecule has 1 N–H and O–H groups in total. The summed E-state index contributed by atoms with van der Waals surface area (Å²) in [5.41, 5.74) is 5.08. The van der Waals surface area contributed by atoms with Crippen LogP contribution in [0.2, 0.25) is 0 Å². The van der Waals surface area contributed by atoms with E-state index in [1.54, 1.807) is 6.07 Å². The third-order valence-corrected chi connectivity index (χ3v) is 4.04. The second kappa shape index (κ2) is 5.19. The Bertz CT molecular complexity index is 1070. The zero-order chi connectivity index (χ0) is 15.8. The van der Waals surface area contributed by atoms with Gasteiger partial charge in [0, 0.05) is 10.8 Å². The fourth-order valence-corrected chi connectivity index (χ4v) is 2.89. The second-order valence-corrected chi connectivity index (χ2v) is 5.52. The minimum Gasteiger partial charge on any atom is -0.454 e. The number of rotatable bonds is 2. The molecule has 3 heteroatoms. The highest BCUT2D eigenvalue weighted by molar-refractivity contribution is 6.10. The Morgan fingerprint density at radius 3 is 2.35 bits per heavy atom. The Kier molecular flexibility index (Phi) is 3.03. The van der Waals surface area contributed by atoms with Crippen molar-refractivity contribution in [1.82, 2.24) is 0 Å². The number of nitrogens with one attached hydrogen (secondary N) is 1. The lowest BCUT2D eigenvalue weighted by Crippen LogP contribution is -1.93. The number of nitriles is 1. The molecule has 0 bridgehead atoms. The molecule has 0 spiro atoms. The Morgan fingerprint density at radius 2 is 1.52 bits per heavy atom. The van der Waals surface area contributed by atoms with E-state index in [2.05, 4.69) is 23.5 Å². The van der Waals surface area contributed by atoms with Crippen molar-refractivity contribution in [3.05, 3.63) is 71.8 Å². The molecule has 3 aromatic carbocycles. The summed E-state index contributed by atoms with van der Waals surface area (Å²) >= 11 is 0. The van der Waals surface area contributed by atoms with Crippen LogP contribution in [-0.2, 0) is 0 Å². The average molecular weight is 298 g/mol. The predicted octanol–water partition coefficient (Wildman–Crippen LogP) is 5.51. The molecule has 3 nitrogen and oxygen atoms in total. The number of fused-ring (bicyclic) bond motifs is 3. The summed E-state index contributed by atoms with van der Waals surface area (Å²) in [5.74, 6) is 0. The molecule has 110 valence electrons. The fraction of sp³-hybridized carbons (Fsp3) is 0.0500. The molecule has 0 radical (unpaired) electrons. The van der Waals surface area contributed by atoms with Gasteiger partial charge in [0.2, 0.25) is 0 Å². The average Bonchev–Trinajstić information content (AvgIpc) is 2.97. The van der Waals surface area contributed by atoms with Crippen molar-refractivity contribution >= 4 is 33.3 Å². The van der Waals surface area contributed by atoms with Gasteiger partial charge < -0.3 is 9.73 Å². The standard InChI is InChI=1S/C20H14N2O/c1-13-6-4-8-15-16-9-5-11-18(20(16)23-19(13)15)22-17-10-3-2-7-14(17)12-21/h2-11,22H,1H3. The summed E-state index contributed by atoms with van der Waals surface area (Å²) in [4.78, 5) is 0. The quantitative estimate of drug-likeness (QED) is 0.531. The third-order valence-electron chi connectivity index (χ3n) is 4.04. The Labute approximate surface area is 133 Å². The van der Waals surface area contributed by atoms with Gasteiger partial charge in [0.1, 0.15) is 11.7 Å². The highest BCUT2D eigenvalue weighted by atomic mass is 16.3. The summed E-state index contributed by atoms with van der Waals surface area (Å²) in [6.07, 6.45) is 0. The number of aryl methyl sites for hydroxylation is 1. The van der Waals surface area contributed by atoms with Crippen molar-refractivity contribution in [1.29, 1.82) is 5.26 Å². The van der Waals surface area contributed by atoms with Crippen LogP contribution in [0.5, 0.6) is 0 Å². The lowest BCUT2D eigenvalue weighted by molar-refractivity contribution is 0.667. The van der Waals surface area contributed by atoms with Gasteiger partial charge in [-0.2, -0.15) is 5.26 Å². The van der Waals surface area contributed by atoms with Gasteiger partial charge in [-0.1, -0.05) is 42.5 Å². The van der Waals surface area contributed by atoms with E-state index in [-0.39, 0.29) is 0 Å². The van der Waals surface area contributed by atoms with Crippen LogP contribution < -0.4 is 5.32 Å². The lowest BCUT2D eigenvalue weighted by atomic mass is 10.1. The van der Waals surface area contributed by atoms with Gasteiger partial charge in [-0.3, -0.25) is 0 Å². The van der Waals surface area contributed by atoms with Gasteiger partial charge in [0.25, 0.3) is 0 Å². The van der Waals surface area contributed by atoms with Crippen LogP contribution in [-0.4, -0.2) is 0 Å². The van der Waals surface area contributed by atoms with Crippen LogP contribution in [0.1, 0.15) is 11.1 Å². The van der Waals surface area contributed by atoms with E-state index in [9.17, 15) is 5.26 Å². The third kappa shape index (κ3) is 2.13. The zero-order valence-electron chi connectivity index (χ0n) is 12.6. The number of hydrogen-bond acceptors (Lipinski definition) is 3.